The number of fused-ring (bicyclic) bond motifs is 1. The number of benzene rings is 3. The fourth-order valence-corrected chi connectivity index (χ4v) is 6.19. The number of methoxy groups -OCH3 is 1. The molecular weight excluding hydrogens is 534 g/mol. The van der Waals surface area contributed by atoms with E-state index in [1.807, 2.05) is 66.6 Å². The number of hydrogen-bond donors (Lipinski definition) is 0. The van der Waals surface area contributed by atoms with Gasteiger partial charge in [-0.25, -0.2) is 0 Å². The van der Waals surface area contributed by atoms with Crippen LogP contribution in [-0.2, 0) is 0 Å². The van der Waals surface area contributed by atoms with E-state index in [9.17, 15) is 10.1 Å². The molecule has 6 rings (SSSR count). The van der Waals surface area contributed by atoms with E-state index in [1.54, 1.807) is 19.5 Å². The summed E-state index contributed by atoms with van der Waals surface area (Å²) in [5.41, 5.74) is 8.12. The normalized spacial score (nSPS) is 16.6. The van der Waals surface area contributed by atoms with Crippen molar-refractivity contribution in [2.75, 3.05) is 25.1 Å². The lowest BCUT2D eigenvalue weighted by Gasteiger charge is -2.45. The van der Waals surface area contributed by atoms with E-state index in [4.69, 9.17) is 9.72 Å². The van der Waals surface area contributed by atoms with E-state index < -0.39 is 0 Å². The number of aromatic nitrogens is 2. The van der Waals surface area contributed by atoms with Crippen molar-refractivity contribution >= 4 is 22.5 Å². The van der Waals surface area contributed by atoms with Crippen molar-refractivity contribution < 1.29 is 9.53 Å². The standard InChI is InChI=1S/C36H33N5O2/c1-23-16-29(19-38-18-23)36(42)41-24(2)21-40(22-25(41)3)30-14-12-28(13-15-30)33-20-39-34-31(6-5-7-32(34)35(33)43-4)27-10-8-26(17-37)9-11-27/h5-16,18-20,24-25H,21-22H2,1-4H3. The molecule has 7 nitrogen and oxygen atoms in total. The smallest absolute Gasteiger partial charge is 0.256 e. The van der Waals surface area contributed by atoms with Gasteiger partial charge in [0.05, 0.1) is 29.8 Å². The maximum Gasteiger partial charge on any atom is 0.256 e. The molecule has 214 valence electrons. The summed E-state index contributed by atoms with van der Waals surface area (Å²) in [7, 11) is 1.69. The van der Waals surface area contributed by atoms with Crippen LogP contribution in [0.2, 0.25) is 0 Å². The van der Waals surface area contributed by atoms with Gasteiger partial charge >= 0.3 is 0 Å². The second kappa shape index (κ2) is 11.6. The van der Waals surface area contributed by atoms with E-state index in [1.165, 1.54) is 0 Å². The number of nitriles is 1. The molecule has 2 unspecified atom stereocenters. The predicted molar refractivity (Wildman–Crippen MR) is 170 cm³/mol. The summed E-state index contributed by atoms with van der Waals surface area (Å²) in [5, 5.41) is 10.1. The fourth-order valence-electron chi connectivity index (χ4n) is 6.19. The van der Waals surface area contributed by atoms with Crippen LogP contribution in [0.3, 0.4) is 0 Å². The molecule has 43 heavy (non-hydrogen) atoms. The lowest BCUT2D eigenvalue weighted by molar-refractivity contribution is 0.0574. The average molecular weight is 568 g/mol. The zero-order chi connectivity index (χ0) is 30.1. The van der Waals surface area contributed by atoms with E-state index in [0.29, 0.717) is 11.1 Å². The van der Waals surface area contributed by atoms with Gasteiger partial charge < -0.3 is 14.5 Å². The average Bonchev–Trinajstić information content (AvgIpc) is 3.03. The first-order chi connectivity index (χ1) is 20.9. The number of anilines is 1. The number of pyridine rings is 2. The first-order valence-electron chi connectivity index (χ1n) is 14.4. The maximum atomic E-state index is 13.3. The van der Waals surface area contributed by atoms with Crippen LogP contribution in [0.25, 0.3) is 33.2 Å². The van der Waals surface area contributed by atoms with Crippen LogP contribution >= 0.6 is 0 Å². The summed E-state index contributed by atoms with van der Waals surface area (Å²) in [5.74, 6) is 0.803. The number of carbonyl (C=O) groups is 1. The monoisotopic (exact) mass is 567 g/mol. The molecule has 5 aromatic rings. The molecule has 2 aromatic heterocycles. The van der Waals surface area contributed by atoms with Gasteiger partial charge in [-0.1, -0.05) is 36.4 Å². The van der Waals surface area contributed by atoms with Crippen LogP contribution in [0.1, 0.15) is 35.3 Å². The van der Waals surface area contributed by atoms with Crippen molar-refractivity contribution in [3.05, 3.63) is 108 Å². The van der Waals surface area contributed by atoms with Crippen LogP contribution < -0.4 is 9.64 Å². The Hall–Kier alpha value is -5.22. The summed E-state index contributed by atoms with van der Waals surface area (Å²) in [4.78, 5) is 26.8. The van der Waals surface area contributed by atoms with Crippen LogP contribution in [0.4, 0.5) is 5.69 Å². The number of amides is 1. The summed E-state index contributed by atoms with van der Waals surface area (Å²) in [6, 6.07) is 26.3. The Kier molecular flexibility index (Phi) is 7.52. The molecule has 0 spiro atoms. The second-order valence-electron chi connectivity index (χ2n) is 11.2. The molecule has 2 atom stereocenters. The van der Waals surface area contributed by atoms with E-state index in [-0.39, 0.29) is 18.0 Å². The topological polar surface area (TPSA) is 82.3 Å². The minimum absolute atomic E-state index is 0.0319. The highest BCUT2D eigenvalue weighted by Crippen LogP contribution is 2.39. The lowest BCUT2D eigenvalue weighted by atomic mass is 9.97. The molecule has 1 aliphatic rings. The quantitative estimate of drug-likeness (QED) is 0.230. The molecular formula is C36H33N5O2. The van der Waals surface area contributed by atoms with Gasteiger partial charge in [-0.05, 0) is 73.9 Å². The van der Waals surface area contributed by atoms with Gasteiger partial charge in [0.25, 0.3) is 5.91 Å². The predicted octanol–water partition coefficient (Wildman–Crippen LogP) is 6.89. The Balaban J connectivity index is 1.25. The Morgan fingerprint density at radius 3 is 2.23 bits per heavy atom. The molecule has 0 radical (unpaired) electrons. The van der Waals surface area contributed by atoms with Crippen molar-refractivity contribution in [1.82, 2.24) is 14.9 Å². The Labute approximate surface area is 252 Å². The molecule has 1 fully saturated rings. The molecule has 0 N–H and O–H groups in total. The summed E-state index contributed by atoms with van der Waals surface area (Å²) in [6.45, 7) is 7.66. The molecule has 3 aromatic carbocycles. The first kappa shape index (κ1) is 27.9. The van der Waals surface area contributed by atoms with E-state index >= 15 is 0 Å². The van der Waals surface area contributed by atoms with E-state index in [2.05, 4.69) is 54.1 Å². The Bertz CT molecular complexity index is 1830. The van der Waals surface area contributed by atoms with Gasteiger partial charge in [-0.3, -0.25) is 14.8 Å². The number of hydrogen-bond acceptors (Lipinski definition) is 6. The summed E-state index contributed by atoms with van der Waals surface area (Å²) in [6.07, 6.45) is 5.30. The number of ether oxygens (including phenoxy) is 1. The molecule has 0 saturated carbocycles. The third-order valence-electron chi connectivity index (χ3n) is 8.20. The van der Waals surface area contributed by atoms with Crippen LogP contribution in [0, 0.1) is 18.3 Å². The minimum atomic E-state index is 0.0319. The van der Waals surface area contributed by atoms with Crippen LogP contribution in [-0.4, -0.2) is 53.1 Å². The largest absolute Gasteiger partial charge is 0.495 e. The Morgan fingerprint density at radius 2 is 1.58 bits per heavy atom. The van der Waals surface area contributed by atoms with Gasteiger partial charge in [-0.15, -0.1) is 0 Å². The first-order valence-corrected chi connectivity index (χ1v) is 14.4. The summed E-state index contributed by atoms with van der Waals surface area (Å²) >= 11 is 0. The number of nitrogens with zero attached hydrogens (tertiary/aromatic N) is 5. The van der Waals surface area contributed by atoms with Gasteiger partial charge in [0.15, 0.2) is 0 Å². The third kappa shape index (κ3) is 5.28. The summed E-state index contributed by atoms with van der Waals surface area (Å²) < 4.78 is 5.96. The maximum absolute atomic E-state index is 13.3. The highest BCUT2D eigenvalue weighted by molar-refractivity contribution is 6.00. The SMILES string of the molecule is COc1c(-c2ccc(N3CC(C)N(C(=O)c4cncc(C)c4)C(C)C3)cc2)cnc2c(-c3ccc(C#N)cc3)cccc12. The van der Waals surface area contributed by atoms with Crippen molar-refractivity contribution in [3.8, 4) is 34.1 Å². The zero-order valence-corrected chi connectivity index (χ0v) is 24.8. The molecule has 0 bridgehead atoms. The molecule has 1 amide bonds. The van der Waals surface area contributed by atoms with Crippen molar-refractivity contribution in [3.63, 3.8) is 0 Å². The van der Waals surface area contributed by atoms with Crippen LogP contribution in [0.5, 0.6) is 5.75 Å². The fraction of sp³-hybridized carbons (Fsp3) is 0.222. The number of para-hydroxylation sites is 1. The van der Waals surface area contributed by atoms with Gasteiger partial charge in [0, 0.05) is 66.0 Å². The van der Waals surface area contributed by atoms with Gasteiger partial charge in [0.1, 0.15) is 5.75 Å². The molecule has 0 aliphatic carbocycles. The number of carbonyl (C=O) groups excluding carboxylic acids is 1. The second-order valence-corrected chi connectivity index (χ2v) is 11.2. The number of piperazine rings is 1. The van der Waals surface area contributed by atoms with Crippen molar-refractivity contribution in [1.29, 1.82) is 5.26 Å². The molecule has 1 aliphatic heterocycles. The van der Waals surface area contributed by atoms with Crippen molar-refractivity contribution in [2.45, 2.75) is 32.9 Å². The number of rotatable bonds is 5. The molecule has 7 heteroatoms. The highest BCUT2D eigenvalue weighted by Gasteiger charge is 2.33. The third-order valence-corrected chi connectivity index (χ3v) is 8.20. The zero-order valence-electron chi connectivity index (χ0n) is 24.8. The minimum Gasteiger partial charge on any atom is -0.495 e. The molecule has 3 heterocycles. The van der Waals surface area contributed by atoms with Gasteiger partial charge in [-0.2, -0.15) is 5.26 Å². The Morgan fingerprint density at radius 1 is 0.907 bits per heavy atom. The highest BCUT2D eigenvalue weighted by atomic mass is 16.5. The van der Waals surface area contributed by atoms with Crippen LogP contribution in [0.15, 0.2) is 91.4 Å². The number of aryl methyl sites for hydroxylation is 1. The van der Waals surface area contributed by atoms with E-state index in [0.717, 1.165) is 63.2 Å². The lowest BCUT2D eigenvalue weighted by Crippen LogP contribution is -2.58. The van der Waals surface area contributed by atoms with Crippen molar-refractivity contribution in [2.24, 2.45) is 0 Å². The molecule has 1 saturated heterocycles. The van der Waals surface area contributed by atoms with Gasteiger partial charge in [0.2, 0.25) is 0 Å².